The molecule has 2 rings (SSSR count). The minimum absolute atomic E-state index is 0.413. The molecule has 0 aliphatic carbocycles. The maximum atomic E-state index is 6.03. The fourth-order valence-electron chi connectivity index (χ4n) is 2.44. The van der Waals surface area contributed by atoms with Gasteiger partial charge in [0.2, 0.25) is 0 Å². The molecule has 1 unspecified atom stereocenters. The molecule has 0 saturated carbocycles. The highest BCUT2D eigenvalue weighted by atomic mass is 35.5. The van der Waals surface area contributed by atoms with Crippen molar-refractivity contribution in [3.63, 3.8) is 0 Å². The number of hydrogen-bond acceptors (Lipinski definition) is 2. The van der Waals surface area contributed by atoms with Crippen molar-refractivity contribution in [1.29, 1.82) is 0 Å². The zero-order valence-electron chi connectivity index (χ0n) is 10.6. The lowest BCUT2D eigenvalue weighted by Gasteiger charge is -2.28. The van der Waals surface area contributed by atoms with E-state index in [0.717, 1.165) is 11.6 Å². The average Bonchev–Trinajstić information content (AvgIpc) is 2.80. The van der Waals surface area contributed by atoms with Crippen LogP contribution in [0.1, 0.15) is 31.4 Å². The molecule has 2 atom stereocenters. The van der Waals surface area contributed by atoms with Crippen molar-refractivity contribution in [2.24, 2.45) is 0 Å². The normalized spacial score (nSPS) is 22.0. The van der Waals surface area contributed by atoms with Gasteiger partial charge >= 0.3 is 0 Å². The molecule has 0 amide bonds. The van der Waals surface area contributed by atoms with Crippen LogP contribution in [0.4, 0.5) is 0 Å². The molecule has 1 fully saturated rings. The Morgan fingerprint density at radius 1 is 1.53 bits per heavy atom. The number of rotatable bonds is 4. The SMILES string of the molecule is CC(c1cccc(Cl)c1)N(C)C[C@H]1CCCN1. The summed E-state index contributed by atoms with van der Waals surface area (Å²) in [6.45, 7) is 4.51. The summed E-state index contributed by atoms with van der Waals surface area (Å²) in [6.07, 6.45) is 2.61. The number of likely N-dealkylation sites (N-methyl/N-ethyl adjacent to an activating group) is 1. The van der Waals surface area contributed by atoms with Gasteiger partial charge in [0.1, 0.15) is 0 Å². The number of halogens is 1. The molecule has 1 saturated heterocycles. The van der Waals surface area contributed by atoms with Crippen LogP contribution < -0.4 is 5.32 Å². The Labute approximate surface area is 109 Å². The lowest BCUT2D eigenvalue weighted by Crippen LogP contribution is -2.36. The number of benzene rings is 1. The van der Waals surface area contributed by atoms with Gasteiger partial charge in [-0.15, -0.1) is 0 Å². The minimum atomic E-state index is 0.413. The first-order valence-corrected chi connectivity index (χ1v) is 6.73. The van der Waals surface area contributed by atoms with Crippen molar-refractivity contribution in [2.75, 3.05) is 20.1 Å². The lowest BCUT2D eigenvalue weighted by atomic mass is 10.1. The van der Waals surface area contributed by atoms with Crippen molar-refractivity contribution in [3.05, 3.63) is 34.9 Å². The molecule has 2 nitrogen and oxygen atoms in total. The van der Waals surface area contributed by atoms with Gasteiger partial charge in [0.05, 0.1) is 0 Å². The molecule has 1 N–H and O–H groups in total. The summed E-state index contributed by atoms with van der Waals surface area (Å²) in [6, 6.07) is 9.23. The summed E-state index contributed by atoms with van der Waals surface area (Å²) in [4.78, 5) is 2.40. The summed E-state index contributed by atoms with van der Waals surface area (Å²) in [7, 11) is 2.19. The van der Waals surface area contributed by atoms with E-state index in [-0.39, 0.29) is 0 Å². The maximum absolute atomic E-state index is 6.03. The minimum Gasteiger partial charge on any atom is -0.313 e. The Bertz CT molecular complexity index is 361. The molecule has 0 aromatic heterocycles. The van der Waals surface area contributed by atoms with Crippen LogP contribution in [0.15, 0.2) is 24.3 Å². The summed E-state index contributed by atoms with van der Waals surface area (Å²) in [5.74, 6) is 0. The summed E-state index contributed by atoms with van der Waals surface area (Å²) < 4.78 is 0. The monoisotopic (exact) mass is 252 g/mol. The van der Waals surface area contributed by atoms with Crippen molar-refractivity contribution in [2.45, 2.75) is 31.8 Å². The second kappa shape index (κ2) is 5.85. The van der Waals surface area contributed by atoms with Gasteiger partial charge in [0.25, 0.3) is 0 Å². The highest BCUT2D eigenvalue weighted by Gasteiger charge is 2.19. The van der Waals surface area contributed by atoms with E-state index in [0.29, 0.717) is 12.1 Å². The molecular formula is C14H21ClN2. The van der Waals surface area contributed by atoms with Crippen molar-refractivity contribution < 1.29 is 0 Å². The van der Waals surface area contributed by atoms with Crippen LogP contribution in [0.5, 0.6) is 0 Å². The highest BCUT2D eigenvalue weighted by molar-refractivity contribution is 6.30. The first kappa shape index (κ1) is 12.9. The molecular weight excluding hydrogens is 232 g/mol. The van der Waals surface area contributed by atoms with Crippen LogP contribution in [-0.2, 0) is 0 Å². The molecule has 0 radical (unpaired) electrons. The second-order valence-electron chi connectivity index (χ2n) is 4.96. The smallest absolute Gasteiger partial charge is 0.0409 e. The Kier molecular flexibility index (Phi) is 4.43. The number of nitrogens with one attached hydrogen (secondary N) is 1. The van der Waals surface area contributed by atoms with Gasteiger partial charge in [0.15, 0.2) is 0 Å². The van der Waals surface area contributed by atoms with Gasteiger partial charge in [0, 0.05) is 23.7 Å². The number of hydrogen-bond donors (Lipinski definition) is 1. The first-order valence-electron chi connectivity index (χ1n) is 6.36. The Morgan fingerprint density at radius 2 is 2.35 bits per heavy atom. The third-order valence-electron chi connectivity index (χ3n) is 3.66. The largest absolute Gasteiger partial charge is 0.313 e. The zero-order valence-corrected chi connectivity index (χ0v) is 11.4. The van der Waals surface area contributed by atoms with E-state index < -0.39 is 0 Å². The first-order chi connectivity index (χ1) is 8.16. The van der Waals surface area contributed by atoms with E-state index >= 15 is 0 Å². The maximum Gasteiger partial charge on any atom is 0.0409 e. The molecule has 3 heteroatoms. The van der Waals surface area contributed by atoms with Crippen LogP contribution >= 0.6 is 11.6 Å². The molecule has 0 spiro atoms. The van der Waals surface area contributed by atoms with Gasteiger partial charge in [-0.05, 0) is 51.1 Å². The molecule has 1 aromatic carbocycles. The summed E-state index contributed by atoms with van der Waals surface area (Å²) in [5.41, 5.74) is 1.29. The van der Waals surface area contributed by atoms with E-state index in [1.807, 2.05) is 12.1 Å². The van der Waals surface area contributed by atoms with Crippen LogP contribution in [0, 0.1) is 0 Å². The Balaban J connectivity index is 1.96. The molecule has 1 heterocycles. The Morgan fingerprint density at radius 3 is 3.00 bits per heavy atom. The molecule has 0 bridgehead atoms. The standard InChI is InChI=1S/C14H21ClN2/c1-11(12-5-3-6-13(15)9-12)17(2)10-14-7-4-8-16-14/h3,5-6,9,11,14,16H,4,7-8,10H2,1-2H3/t11?,14-/m1/s1. The summed E-state index contributed by atoms with van der Waals surface area (Å²) in [5, 5.41) is 4.36. The van der Waals surface area contributed by atoms with Gasteiger partial charge in [-0.3, -0.25) is 4.90 Å². The third kappa shape index (κ3) is 3.44. The van der Waals surface area contributed by atoms with Crippen LogP contribution in [-0.4, -0.2) is 31.1 Å². The van der Waals surface area contributed by atoms with Gasteiger partial charge in [-0.1, -0.05) is 23.7 Å². The van der Waals surface area contributed by atoms with Gasteiger partial charge in [-0.25, -0.2) is 0 Å². The topological polar surface area (TPSA) is 15.3 Å². The van der Waals surface area contributed by atoms with Crippen molar-refractivity contribution in [1.82, 2.24) is 10.2 Å². The predicted molar refractivity (Wildman–Crippen MR) is 73.5 cm³/mol. The zero-order chi connectivity index (χ0) is 12.3. The van der Waals surface area contributed by atoms with Crippen molar-refractivity contribution >= 4 is 11.6 Å². The fraction of sp³-hybridized carbons (Fsp3) is 0.571. The predicted octanol–water partition coefficient (Wildman–Crippen LogP) is 3.08. The van der Waals surface area contributed by atoms with E-state index in [1.54, 1.807) is 0 Å². The second-order valence-corrected chi connectivity index (χ2v) is 5.40. The molecule has 1 aliphatic rings. The Hall–Kier alpha value is -0.570. The average molecular weight is 253 g/mol. The molecule has 1 aromatic rings. The van der Waals surface area contributed by atoms with E-state index in [9.17, 15) is 0 Å². The van der Waals surface area contributed by atoms with Gasteiger partial charge < -0.3 is 5.32 Å². The summed E-state index contributed by atoms with van der Waals surface area (Å²) >= 11 is 6.03. The molecule has 94 valence electrons. The van der Waals surface area contributed by atoms with Crippen molar-refractivity contribution in [3.8, 4) is 0 Å². The van der Waals surface area contributed by atoms with E-state index in [2.05, 4.69) is 36.3 Å². The van der Waals surface area contributed by atoms with E-state index in [1.165, 1.54) is 24.9 Å². The third-order valence-corrected chi connectivity index (χ3v) is 3.90. The highest BCUT2D eigenvalue weighted by Crippen LogP contribution is 2.22. The fourth-order valence-corrected chi connectivity index (χ4v) is 2.64. The quantitative estimate of drug-likeness (QED) is 0.886. The molecule has 1 aliphatic heterocycles. The molecule has 17 heavy (non-hydrogen) atoms. The lowest BCUT2D eigenvalue weighted by molar-refractivity contribution is 0.238. The van der Waals surface area contributed by atoms with Crippen LogP contribution in [0.3, 0.4) is 0 Å². The van der Waals surface area contributed by atoms with E-state index in [4.69, 9.17) is 11.6 Å². The van der Waals surface area contributed by atoms with Gasteiger partial charge in [-0.2, -0.15) is 0 Å². The number of nitrogens with zero attached hydrogens (tertiary/aromatic N) is 1. The van der Waals surface area contributed by atoms with Crippen LogP contribution in [0.2, 0.25) is 5.02 Å². The van der Waals surface area contributed by atoms with Crippen LogP contribution in [0.25, 0.3) is 0 Å².